The van der Waals surface area contributed by atoms with Crippen LogP contribution in [-0.4, -0.2) is 4.57 Å². The summed E-state index contributed by atoms with van der Waals surface area (Å²) in [6.45, 7) is 0. The number of benzene rings is 8. The van der Waals surface area contributed by atoms with Crippen LogP contribution in [-0.2, 0) is 0 Å². The number of hydrogen-bond acceptors (Lipinski definition) is 1. The Balaban J connectivity index is 1.29. The Morgan fingerprint density at radius 3 is 1.52 bits per heavy atom. The molecule has 0 unspecified atom stereocenters. The number of hydrogen-bond donors (Lipinski definition) is 0. The molecule has 2 heteroatoms. The second kappa shape index (κ2) is 9.69. The largest absolute Gasteiger partial charge is 0.456 e. The van der Waals surface area contributed by atoms with E-state index in [9.17, 15) is 0 Å². The molecule has 0 aliphatic heterocycles. The van der Waals surface area contributed by atoms with Gasteiger partial charge in [-0.15, -0.1) is 0 Å². The molecular weight excluding hydrogens is 558 g/mol. The van der Waals surface area contributed by atoms with Gasteiger partial charge in [-0.05, 0) is 86.3 Å². The highest BCUT2D eigenvalue weighted by atomic mass is 16.3. The molecule has 0 saturated heterocycles. The standard InChI is InChI=1S/C44H27NO/c1-2-12-30(13-3-1)45-39-20-10-8-14-31(39)32-24-22-29(27-40(32)45)44-36-18-6-4-16-34(36)43(35-17-5-7-19-37(35)44)28-23-25-42-38(26-28)33-15-9-11-21-41(33)46-42/h1-27H. The first-order valence-corrected chi connectivity index (χ1v) is 15.8. The van der Waals surface area contributed by atoms with Crippen LogP contribution in [0.5, 0.6) is 0 Å². The van der Waals surface area contributed by atoms with Crippen LogP contribution in [0.3, 0.4) is 0 Å². The zero-order chi connectivity index (χ0) is 30.2. The normalized spacial score (nSPS) is 11.9. The van der Waals surface area contributed by atoms with Crippen LogP contribution in [0.1, 0.15) is 0 Å². The van der Waals surface area contributed by atoms with Crippen molar-refractivity contribution in [3.63, 3.8) is 0 Å². The Bertz CT molecular complexity index is 2740. The van der Waals surface area contributed by atoms with Crippen molar-refractivity contribution in [2.75, 3.05) is 0 Å². The molecule has 0 spiro atoms. The minimum Gasteiger partial charge on any atom is -0.456 e. The van der Waals surface area contributed by atoms with Gasteiger partial charge >= 0.3 is 0 Å². The highest BCUT2D eigenvalue weighted by Crippen LogP contribution is 2.45. The van der Waals surface area contributed by atoms with E-state index in [0.29, 0.717) is 0 Å². The van der Waals surface area contributed by atoms with E-state index in [1.165, 1.54) is 65.6 Å². The lowest BCUT2D eigenvalue weighted by atomic mass is 9.85. The summed E-state index contributed by atoms with van der Waals surface area (Å²) in [6, 6.07) is 59.1. The van der Waals surface area contributed by atoms with Crippen molar-refractivity contribution >= 4 is 65.3 Å². The maximum atomic E-state index is 6.19. The highest BCUT2D eigenvalue weighted by Gasteiger charge is 2.19. The van der Waals surface area contributed by atoms with Crippen molar-refractivity contribution in [2.45, 2.75) is 0 Å². The van der Waals surface area contributed by atoms with E-state index in [1.54, 1.807) is 0 Å². The van der Waals surface area contributed by atoms with Gasteiger partial charge < -0.3 is 8.98 Å². The molecule has 0 fully saturated rings. The maximum Gasteiger partial charge on any atom is 0.135 e. The van der Waals surface area contributed by atoms with Crippen molar-refractivity contribution < 1.29 is 4.42 Å². The summed E-state index contributed by atoms with van der Waals surface area (Å²) in [4.78, 5) is 0. The topological polar surface area (TPSA) is 18.1 Å². The molecule has 0 saturated carbocycles. The molecule has 214 valence electrons. The molecule has 0 atom stereocenters. The molecule has 2 aromatic heterocycles. The van der Waals surface area contributed by atoms with Crippen LogP contribution in [0.2, 0.25) is 0 Å². The summed E-state index contributed by atoms with van der Waals surface area (Å²) < 4.78 is 8.59. The average Bonchev–Trinajstić information content (AvgIpc) is 3.66. The van der Waals surface area contributed by atoms with Gasteiger partial charge in [0.25, 0.3) is 0 Å². The molecule has 8 aromatic carbocycles. The van der Waals surface area contributed by atoms with E-state index >= 15 is 0 Å². The first-order valence-electron chi connectivity index (χ1n) is 15.8. The quantitative estimate of drug-likeness (QED) is 0.189. The van der Waals surface area contributed by atoms with Gasteiger partial charge in [-0.3, -0.25) is 0 Å². The van der Waals surface area contributed by atoms with Gasteiger partial charge in [0.15, 0.2) is 0 Å². The summed E-state index contributed by atoms with van der Waals surface area (Å²) >= 11 is 0. The summed E-state index contributed by atoms with van der Waals surface area (Å²) in [6.07, 6.45) is 0. The predicted octanol–water partition coefficient (Wildman–Crippen LogP) is 12.3. The highest BCUT2D eigenvalue weighted by molar-refractivity contribution is 6.23. The van der Waals surface area contributed by atoms with Crippen molar-refractivity contribution in [3.05, 3.63) is 164 Å². The molecule has 0 aliphatic carbocycles. The molecule has 0 aliphatic rings. The number of rotatable bonds is 3. The predicted molar refractivity (Wildman–Crippen MR) is 194 cm³/mol. The second-order valence-corrected chi connectivity index (χ2v) is 12.1. The first kappa shape index (κ1) is 25.2. The van der Waals surface area contributed by atoms with Gasteiger partial charge in [-0.25, -0.2) is 0 Å². The Hall–Kier alpha value is -6.12. The Morgan fingerprint density at radius 2 is 0.826 bits per heavy atom. The van der Waals surface area contributed by atoms with Gasteiger partial charge in [-0.2, -0.15) is 0 Å². The lowest BCUT2D eigenvalue weighted by Gasteiger charge is -2.18. The fraction of sp³-hybridized carbons (Fsp3) is 0. The van der Waals surface area contributed by atoms with Crippen molar-refractivity contribution in [1.29, 1.82) is 0 Å². The van der Waals surface area contributed by atoms with Gasteiger partial charge in [0.2, 0.25) is 0 Å². The summed E-state index contributed by atoms with van der Waals surface area (Å²) in [5.74, 6) is 0. The first-order chi connectivity index (χ1) is 22.8. The van der Waals surface area contributed by atoms with Crippen LogP contribution in [0.15, 0.2) is 168 Å². The van der Waals surface area contributed by atoms with Gasteiger partial charge in [-0.1, -0.05) is 121 Å². The van der Waals surface area contributed by atoms with Crippen molar-refractivity contribution in [1.82, 2.24) is 4.57 Å². The average molecular weight is 586 g/mol. The molecule has 0 amide bonds. The molecule has 2 nitrogen and oxygen atoms in total. The van der Waals surface area contributed by atoms with Crippen LogP contribution >= 0.6 is 0 Å². The zero-order valence-corrected chi connectivity index (χ0v) is 24.9. The summed E-state index contributed by atoms with van der Waals surface area (Å²) in [5.41, 5.74) is 10.3. The molecule has 0 bridgehead atoms. The van der Waals surface area contributed by atoms with E-state index in [-0.39, 0.29) is 0 Å². The number of fused-ring (bicyclic) bond motifs is 8. The van der Waals surface area contributed by atoms with Crippen LogP contribution in [0, 0.1) is 0 Å². The minimum absolute atomic E-state index is 0.914. The number of para-hydroxylation sites is 3. The van der Waals surface area contributed by atoms with E-state index < -0.39 is 0 Å². The third-order valence-corrected chi connectivity index (χ3v) is 9.57. The molecule has 46 heavy (non-hydrogen) atoms. The van der Waals surface area contributed by atoms with E-state index in [0.717, 1.165) is 27.6 Å². The van der Waals surface area contributed by atoms with E-state index in [4.69, 9.17) is 4.42 Å². The maximum absolute atomic E-state index is 6.19. The van der Waals surface area contributed by atoms with E-state index in [2.05, 4.69) is 156 Å². The molecule has 2 heterocycles. The monoisotopic (exact) mass is 585 g/mol. The van der Waals surface area contributed by atoms with Crippen LogP contribution in [0.4, 0.5) is 0 Å². The van der Waals surface area contributed by atoms with Crippen molar-refractivity contribution in [2.24, 2.45) is 0 Å². The fourth-order valence-electron chi connectivity index (χ4n) is 7.61. The molecule has 10 rings (SSSR count). The smallest absolute Gasteiger partial charge is 0.135 e. The van der Waals surface area contributed by atoms with Crippen LogP contribution < -0.4 is 0 Å². The molecule has 10 aromatic rings. The Labute approximate surface area is 265 Å². The summed E-state index contributed by atoms with van der Waals surface area (Å²) in [7, 11) is 0. The molecule has 0 radical (unpaired) electrons. The molecular formula is C44H27NO. The Kier molecular flexibility index (Phi) is 5.31. The third kappa shape index (κ3) is 3.59. The van der Waals surface area contributed by atoms with Gasteiger partial charge in [0, 0.05) is 27.2 Å². The minimum atomic E-state index is 0.914. The number of furan rings is 1. The lowest BCUT2D eigenvalue weighted by molar-refractivity contribution is 0.669. The van der Waals surface area contributed by atoms with Gasteiger partial charge in [0.05, 0.1) is 11.0 Å². The van der Waals surface area contributed by atoms with Crippen molar-refractivity contribution in [3.8, 4) is 27.9 Å². The summed E-state index contributed by atoms with van der Waals surface area (Å²) in [5, 5.41) is 9.79. The SMILES string of the molecule is c1ccc(-n2c3ccccc3c3ccc(-c4c5ccccc5c(-c5ccc6oc7ccccc7c6c5)c5ccccc45)cc32)cc1. The lowest BCUT2D eigenvalue weighted by Crippen LogP contribution is -1.94. The van der Waals surface area contributed by atoms with Gasteiger partial charge in [0.1, 0.15) is 11.2 Å². The Morgan fingerprint density at radius 1 is 0.326 bits per heavy atom. The zero-order valence-electron chi connectivity index (χ0n) is 24.9. The third-order valence-electron chi connectivity index (χ3n) is 9.57. The molecule has 0 N–H and O–H groups in total. The van der Waals surface area contributed by atoms with E-state index in [1.807, 2.05) is 12.1 Å². The number of aromatic nitrogens is 1. The number of nitrogens with zero attached hydrogens (tertiary/aromatic N) is 1. The second-order valence-electron chi connectivity index (χ2n) is 12.1. The fourth-order valence-corrected chi connectivity index (χ4v) is 7.61. The van der Waals surface area contributed by atoms with Crippen LogP contribution in [0.25, 0.3) is 93.2 Å².